The van der Waals surface area contributed by atoms with E-state index in [2.05, 4.69) is 15.5 Å². The Balaban J connectivity index is 1.92. The maximum absolute atomic E-state index is 11.8. The lowest BCUT2D eigenvalue weighted by Gasteiger charge is -2.02. The fraction of sp³-hybridized carbons (Fsp3) is 0.0769. The first kappa shape index (κ1) is 13.9. The molecule has 0 bridgehead atoms. The quantitative estimate of drug-likeness (QED) is 0.815. The second kappa shape index (κ2) is 6.58. The Kier molecular flexibility index (Phi) is 4.56. The molecule has 0 aromatic carbocycles. The molecule has 0 atom stereocenters. The van der Waals surface area contributed by atoms with Crippen LogP contribution in [0, 0.1) is 0 Å². The van der Waals surface area contributed by atoms with Gasteiger partial charge in [-0.2, -0.15) is 10.2 Å². The van der Waals surface area contributed by atoms with Crippen LogP contribution in [0.5, 0.6) is 0 Å². The van der Waals surface area contributed by atoms with Gasteiger partial charge in [0.25, 0.3) is 5.91 Å². The highest BCUT2D eigenvalue weighted by Crippen LogP contribution is 2.17. The van der Waals surface area contributed by atoms with Crippen molar-refractivity contribution >= 4 is 29.3 Å². The van der Waals surface area contributed by atoms with Crippen molar-refractivity contribution in [3.8, 4) is 0 Å². The lowest BCUT2D eigenvalue weighted by atomic mass is 10.3. The molecule has 0 aliphatic rings. The van der Waals surface area contributed by atoms with Crippen LogP contribution in [-0.2, 0) is 11.3 Å². The Morgan fingerprint density at radius 2 is 2.15 bits per heavy atom. The minimum atomic E-state index is -0.988. The highest BCUT2D eigenvalue weighted by Gasteiger charge is 2.06. The number of thiophene rings is 1. The normalized spacial score (nSPS) is 10.6. The summed E-state index contributed by atoms with van der Waals surface area (Å²) in [6.07, 6.45) is 5.45. The molecule has 2 aromatic heterocycles. The van der Waals surface area contributed by atoms with Crippen LogP contribution in [0.2, 0.25) is 0 Å². The van der Waals surface area contributed by atoms with Crippen molar-refractivity contribution < 1.29 is 14.7 Å². The second-order valence-electron chi connectivity index (χ2n) is 3.79. The number of amides is 1. The Morgan fingerprint density at radius 1 is 1.30 bits per heavy atom. The molecule has 0 aliphatic heterocycles. The van der Waals surface area contributed by atoms with E-state index in [1.807, 2.05) is 6.07 Å². The number of rotatable bonds is 5. The summed E-state index contributed by atoms with van der Waals surface area (Å²) in [4.78, 5) is 23.9. The minimum Gasteiger partial charge on any atom is -0.478 e. The predicted octanol–water partition coefficient (Wildman–Crippen LogP) is 1.57. The van der Waals surface area contributed by atoms with Crippen molar-refractivity contribution in [1.82, 2.24) is 15.5 Å². The number of nitrogens with one attached hydrogen (secondary N) is 1. The summed E-state index contributed by atoms with van der Waals surface area (Å²) in [5.74, 6) is -1.21. The molecule has 2 N–H and O–H groups in total. The van der Waals surface area contributed by atoms with Crippen molar-refractivity contribution in [3.05, 3.63) is 52.0 Å². The van der Waals surface area contributed by atoms with Crippen molar-refractivity contribution in [2.24, 2.45) is 0 Å². The maximum Gasteiger partial charge on any atom is 0.328 e. The van der Waals surface area contributed by atoms with E-state index < -0.39 is 5.97 Å². The Labute approximate surface area is 118 Å². The first-order valence-electron chi connectivity index (χ1n) is 5.70. The number of carbonyl (C=O) groups is 2. The van der Waals surface area contributed by atoms with Gasteiger partial charge in [0.05, 0.1) is 24.5 Å². The van der Waals surface area contributed by atoms with Gasteiger partial charge in [-0.15, -0.1) is 11.3 Å². The van der Waals surface area contributed by atoms with Crippen LogP contribution < -0.4 is 5.32 Å². The van der Waals surface area contributed by atoms with Crippen LogP contribution in [0.1, 0.15) is 20.1 Å². The molecular formula is C13H11N3O3S. The van der Waals surface area contributed by atoms with Crippen molar-refractivity contribution in [2.75, 3.05) is 0 Å². The molecule has 0 saturated heterocycles. The van der Waals surface area contributed by atoms with Gasteiger partial charge >= 0.3 is 5.97 Å². The monoisotopic (exact) mass is 289 g/mol. The van der Waals surface area contributed by atoms with Crippen LogP contribution in [0.3, 0.4) is 0 Å². The summed E-state index contributed by atoms with van der Waals surface area (Å²) in [6.45, 7) is 0.382. The molecule has 6 nitrogen and oxygen atoms in total. The summed E-state index contributed by atoms with van der Waals surface area (Å²) in [5.41, 5.74) is 0.447. The molecule has 7 heteroatoms. The minimum absolute atomic E-state index is 0.226. The average molecular weight is 289 g/mol. The zero-order chi connectivity index (χ0) is 14.4. The number of hydrogen-bond donors (Lipinski definition) is 2. The molecule has 0 fully saturated rings. The molecule has 2 aromatic rings. The molecule has 102 valence electrons. The Bertz CT molecular complexity index is 637. The molecular weight excluding hydrogens is 278 g/mol. The molecule has 0 unspecified atom stereocenters. The molecule has 0 aliphatic carbocycles. The summed E-state index contributed by atoms with van der Waals surface area (Å²) in [7, 11) is 0. The number of nitrogens with zero attached hydrogens (tertiary/aromatic N) is 2. The van der Waals surface area contributed by atoms with Gasteiger partial charge < -0.3 is 10.4 Å². The topological polar surface area (TPSA) is 92.2 Å². The van der Waals surface area contributed by atoms with Gasteiger partial charge in [0, 0.05) is 15.8 Å². The largest absolute Gasteiger partial charge is 0.478 e. The smallest absolute Gasteiger partial charge is 0.328 e. The van der Waals surface area contributed by atoms with Crippen molar-refractivity contribution in [3.63, 3.8) is 0 Å². The van der Waals surface area contributed by atoms with E-state index in [9.17, 15) is 9.59 Å². The van der Waals surface area contributed by atoms with Crippen LogP contribution in [0.25, 0.3) is 6.08 Å². The first-order valence-corrected chi connectivity index (χ1v) is 6.51. The molecule has 0 radical (unpaired) electrons. The van der Waals surface area contributed by atoms with Crippen LogP contribution in [0.4, 0.5) is 0 Å². The van der Waals surface area contributed by atoms with Gasteiger partial charge in [-0.1, -0.05) is 0 Å². The van der Waals surface area contributed by atoms with E-state index in [-0.39, 0.29) is 5.91 Å². The fourth-order valence-electron chi connectivity index (χ4n) is 1.43. The third kappa shape index (κ3) is 3.99. The van der Waals surface area contributed by atoms with Gasteiger partial charge in [0.1, 0.15) is 0 Å². The van der Waals surface area contributed by atoms with Crippen molar-refractivity contribution in [1.29, 1.82) is 0 Å². The van der Waals surface area contributed by atoms with Crippen LogP contribution >= 0.6 is 11.3 Å². The standard InChI is InChI=1S/C13H11N3O3S/c17-12(18)4-3-10-1-2-11(20-10)8-14-13(19)9-5-6-15-16-7-9/h1-7H,8H2,(H,14,19)(H,17,18)/b4-3+. The maximum atomic E-state index is 11.8. The molecule has 2 heterocycles. The third-order valence-corrected chi connectivity index (χ3v) is 3.39. The summed E-state index contributed by atoms with van der Waals surface area (Å²) < 4.78 is 0. The van der Waals surface area contributed by atoms with Gasteiger partial charge in [-0.25, -0.2) is 4.79 Å². The SMILES string of the molecule is O=C(O)/C=C/c1ccc(CNC(=O)c2ccnnc2)s1. The van der Waals surface area contributed by atoms with Gasteiger partial charge in [-0.05, 0) is 24.3 Å². The summed E-state index contributed by atoms with van der Waals surface area (Å²) >= 11 is 1.42. The van der Waals surface area contributed by atoms with E-state index >= 15 is 0 Å². The first-order chi connectivity index (χ1) is 9.65. The van der Waals surface area contributed by atoms with E-state index in [1.54, 1.807) is 12.1 Å². The number of hydrogen-bond acceptors (Lipinski definition) is 5. The fourth-order valence-corrected chi connectivity index (χ4v) is 2.28. The van der Waals surface area contributed by atoms with Crippen LogP contribution in [0.15, 0.2) is 36.7 Å². The third-order valence-electron chi connectivity index (χ3n) is 2.34. The van der Waals surface area contributed by atoms with E-state index in [1.165, 1.54) is 29.8 Å². The highest BCUT2D eigenvalue weighted by molar-refractivity contribution is 7.12. The number of aromatic nitrogens is 2. The summed E-state index contributed by atoms with van der Waals surface area (Å²) in [6, 6.07) is 5.23. The molecule has 0 saturated carbocycles. The number of carboxylic acids is 1. The van der Waals surface area contributed by atoms with E-state index in [0.717, 1.165) is 15.8 Å². The van der Waals surface area contributed by atoms with E-state index in [0.29, 0.717) is 12.1 Å². The molecule has 0 spiro atoms. The Morgan fingerprint density at radius 3 is 2.85 bits per heavy atom. The van der Waals surface area contributed by atoms with Gasteiger partial charge in [0.15, 0.2) is 0 Å². The summed E-state index contributed by atoms with van der Waals surface area (Å²) in [5, 5.41) is 18.5. The molecule has 2 rings (SSSR count). The average Bonchev–Trinajstić information content (AvgIpc) is 2.91. The predicted molar refractivity (Wildman–Crippen MR) is 74.2 cm³/mol. The Hall–Kier alpha value is -2.54. The number of carbonyl (C=O) groups excluding carboxylic acids is 1. The van der Waals surface area contributed by atoms with Gasteiger partial charge in [0.2, 0.25) is 0 Å². The number of aliphatic carboxylic acids is 1. The highest BCUT2D eigenvalue weighted by atomic mass is 32.1. The second-order valence-corrected chi connectivity index (χ2v) is 4.99. The lowest BCUT2D eigenvalue weighted by molar-refractivity contribution is -0.131. The zero-order valence-corrected chi connectivity index (χ0v) is 11.1. The number of carboxylic acid groups (broad SMARTS) is 1. The zero-order valence-electron chi connectivity index (χ0n) is 10.3. The molecule has 1 amide bonds. The van der Waals surface area contributed by atoms with E-state index in [4.69, 9.17) is 5.11 Å². The van der Waals surface area contributed by atoms with Crippen LogP contribution in [-0.4, -0.2) is 27.2 Å². The van der Waals surface area contributed by atoms with Crippen molar-refractivity contribution in [2.45, 2.75) is 6.54 Å². The molecule has 20 heavy (non-hydrogen) atoms. The lowest BCUT2D eigenvalue weighted by Crippen LogP contribution is -2.22. The van der Waals surface area contributed by atoms with Gasteiger partial charge in [-0.3, -0.25) is 4.79 Å².